The summed E-state index contributed by atoms with van der Waals surface area (Å²) in [6.07, 6.45) is 14.6. The Kier molecular flexibility index (Phi) is 11.0. The minimum absolute atomic E-state index is 0.0359. The van der Waals surface area contributed by atoms with Crippen molar-refractivity contribution < 1.29 is 19.8 Å². The van der Waals surface area contributed by atoms with Crippen LogP contribution in [0.25, 0.3) is 0 Å². The van der Waals surface area contributed by atoms with E-state index in [1.807, 2.05) is 42.5 Å². The number of aliphatic hydroxyl groups excluding tert-OH is 2. The molecular weight excluding hydrogens is 424 g/mol. The summed E-state index contributed by atoms with van der Waals surface area (Å²) in [6.45, 7) is 0. The Morgan fingerprint density at radius 3 is 1.76 bits per heavy atom. The summed E-state index contributed by atoms with van der Waals surface area (Å²) in [5.74, 6) is 0.766. The first kappa shape index (κ1) is 26.3. The van der Waals surface area contributed by atoms with Crippen LogP contribution in [0, 0.1) is 0 Å². The molecule has 184 valence electrons. The molecule has 0 saturated heterocycles. The third-order valence-corrected chi connectivity index (χ3v) is 7.03. The standard InChI is InChI=1S/C9H10O.C9H8O.C6H12O.C6H10O/c2*10-9-6-5-7-3-1-2-4-8(7)9;2*7-6-4-2-1-3-5-6/h1-4,9-10H,5-6H2;1-4H,5-6H2;6-7H,1-5H2;1-5H2. The van der Waals surface area contributed by atoms with Gasteiger partial charge in [-0.05, 0) is 61.6 Å². The Bertz CT molecular complexity index is 906. The zero-order chi connectivity index (χ0) is 24.2. The first-order valence-electron chi connectivity index (χ1n) is 13.1. The summed E-state index contributed by atoms with van der Waals surface area (Å²) in [6, 6.07) is 15.9. The van der Waals surface area contributed by atoms with Crippen molar-refractivity contribution in [3.8, 4) is 0 Å². The smallest absolute Gasteiger partial charge is 0.163 e. The molecular formula is C30H40O4. The molecule has 4 nitrogen and oxygen atoms in total. The second-order valence-corrected chi connectivity index (χ2v) is 9.72. The van der Waals surface area contributed by atoms with E-state index in [4.69, 9.17) is 5.11 Å². The minimum Gasteiger partial charge on any atom is -0.393 e. The molecule has 2 saturated carbocycles. The second kappa shape index (κ2) is 14.2. The fourth-order valence-electron chi connectivity index (χ4n) is 4.96. The van der Waals surface area contributed by atoms with Crippen LogP contribution in [0.3, 0.4) is 0 Å². The van der Waals surface area contributed by atoms with Crippen molar-refractivity contribution in [3.05, 3.63) is 70.8 Å². The number of benzene rings is 2. The second-order valence-electron chi connectivity index (χ2n) is 9.72. The van der Waals surface area contributed by atoms with Gasteiger partial charge in [-0.1, -0.05) is 74.2 Å². The molecule has 0 aromatic heterocycles. The van der Waals surface area contributed by atoms with Crippen molar-refractivity contribution in [2.24, 2.45) is 0 Å². The van der Waals surface area contributed by atoms with Crippen molar-refractivity contribution in [3.63, 3.8) is 0 Å². The lowest BCUT2D eigenvalue weighted by atomic mass is 9.98. The zero-order valence-corrected chi connectivity index (χ0v) is 20.4. The van der Waals surface area contributed by atoms with Gasteiger partial charge < -0.3 is 10.2 Å². The number of hydrogen-bond acceptors (Lipinski definition) is 4. The molecule has 1 atom stereocenters. The van der Waals surface area contributed by atoms with E-state index >= 15 is 0 Å². The molecule has 2 aromatic carbocycles. The maximum atomic E-state index is 11.1. The number of rotatable bonds is 0. The van der Waals surface area contributed by atoms with Crippen LogP contribution in [0.4, 0.5) is 0 Å². The SMILES string of the molecule is O=C1CCCCC1.O=C1CCc2ccccc21.OC1CCCCC1.OC1CCc2ccccc21. The van der Waals surface area contributed by atoms with Gasteiger partial charge in [0.15, 0.2) is 5.78 Å². The predicted octanol–water partition coefficient (Wildman–Crippen LogP) is 6.31. The summed E-state index contributed by atoms with van der Waals surface area (Å²) < 4.78 is 0. The largest absolute Gasteiger partial charge is 0.393 e. The molecule has 0 amide bonds. The van der Waals surface area contributed by atoms with Crippen LogP contribution in [0.15, 0.2) is 48.5 Å². The molecule has 6 rings (SSSR count). The monoisotopic (exact) mass is 464 g/mol. The maximum Gasteiger partial charge on any atom is 0.163 e. The Balaban J connectivity index is 0.000000129. The molecule has 2 N–H and O–H groups in total. The van der Waals surface area contributed by atoms with Gasteiger partial charge in [-0.3, -0.25) is 9.59 Å². The Morgan fingerprint density at radius 1 is 0.588 bits per heavy atom. The lowest BCUT2D eigenvalue weighted by Gasteiger charge is -2.14. The maximum absolute atomic E-state index is 11.1. The molecule has 0 spiro atoms. The van der Waals surface area contributed by atoms with Crippen molar-refractivity contribution in [2.45, 2.75) is 102 Å². The van der Waals surface area contributed by atoms with Crippen molar-refractivity contribution >= 4 is 11.6 Å². The average molecular weight is 465 g/mol. The van der Waals surface area contributed by atoms with Gasteiger partial charge in [0.2, 0.25) is 0 Å². The molecule has 0 aliphatic heterocycles. The zero-order valence-electron chi connectivity index (χ0n) is 20.4. The summed E-state index contributed by atoms with van der Waals surface area (Å²) in [5, 5.41) is 18.3. The summed E-state index contributed by atoms with van der Waals surface area (Å²) in [4.78, 5) is 21.5. The highest BCUT2D eigenvalue weighted by Gasteiger charge is 2.18. The van der Waals surface area contributed by atoms with Gasteiger partial charge in [-0.25, -0.2) is 0 Å². The molecule has 4 aliphatic rings. The fourth-order valence-corrected chi connectivity index (χ4v) is 4.96. The van der Waals surface area contributed by atoms with Crippen molar-refractivity contribution in [1.82, 2.24) is 0 Å². The van der Waals surface area contributed by atoms with Gasteiger partial charge >= 0.3 is 0 Å². The van der Waals surface area contributed by atoms with Crippen LogP contribution in [0.2, 0.25) is 0 Å². The van der Waals surface area contributed by atoms with Gasteiger partial charge in [0.1, 0.15) is 5.78 Å². The molecule has 0 bridgehead atoms. The normalized spacial score (nSPS) is 21.1. The van der Waals surface area contributed by atoms with Gasteiger partial charge in [-0.2, -0.15) is 0 Å². The summed E-state index contributed by atoms with van der Waals surface area (Å²) >= 11 is 0. The van der Waals surface area contributed by atoms with Gasteiger partial charge in [0, 0.05) is 24.8 Å². The van der Waals surface area contributed by atoms with E-state index in [9.17, 15) is 14.7 Å². The fraction of sp³-hybridized carbons (Fsp3) is 0.533. The van der Waals surface area contributed by atoms with Gasteiger partial charge in [-0.15, -0.1) is 0 Å². The van der Waals surface area contributed by atoms with Gasteiger partial charge in [0.05, 0.1) is 12.2 Å². The highest BCUT2D eigenvalue weighted by molar-refractivity contribution is 6.00. The van der Waals surface area contributed by atoms with E-state index in [-0.39, 0.29) is 12.2 Å². The van der Waals surface area contributed by atoms with Crippen LogP contribution in [-0.2, 0) is 17.6 Å². The molecule has 2 fully saturated rings. The number of aryl methyl sites for hydroxylation is 2. The van der Waals surface area contributed by atoms with Crippen molar-refractivity contribution in [2.75, 3.05) is 0 Å². The highest BCUT2D eigenvalue weighted by atomic mass is 16.3. The van der Waals surface area contributed by atoms with E-state index in [0.29, 0.717) is 18.0 Å². The number of ketones is 2. The van der Waals surface area contributed by atoms with Gasteiger partial charge in [0.25, 0.3) is 0 Å². The van der Waals surface area contributed by atoms with Crippen LogP contribution in [-0.4, -0.2) is 27.9 Å². The predicted molar refractivity (Wildman–Crippen MR) is 136 cm³/mol. The van der Waals surface area contributed by atoms with Crippen molar-refractivity contribution in [1.29, 1.82) is 0 Å². The Morgan fingerprint density at radius 2 is 1.21 bits per heavy atom. The quantitative estimate of drug-likeness (QED) is 0.479. The number of carbonyl (C=O) groups is 2. The molecule has 4 heteroatoms. The average Bonchev–Trinajstić information content (AvgIpc) is 3.44. The van der Waals surface area contributed by atoms with Crippen LogP contribution in [0.5, 0.6) is 0 Å². The highest BCUT2D eigenvalue weighted by Crippen LogP contribution is 2.30. The van der Waals surface area contributed by atoms with Crippen LogP contribution in [0.1, 0.15) is 110 Å². The lowest BCUT2D eigenvalue weighted by Crippen LogP contribution is -2.09. The van der Waals surface area contributed by atoms with E-state index in [1.165, 1.54) is 36.8 Å². The van der Waals surface area contributed by atoms with E-state index in [1.54, 1.807) is 0 Å². The molecule has 0 heterocycles. The van der Waals surface area contributed by atoms with E-state index in [2.05, 4.69) is 6.07 Å². The first-order chi connectivity index (χ1) is 16.5. The van der Waals surface area contributed by atoms with Crippen LogP contribution < -0.4 is 0 Å². The summed E-state index contributed by atoms with van der Waals surface area (Å²) in [5.41, 5.74) is 4.59. The molecule has 4 aliphatic carbocycles. The molecule has 2 aromatic rings. The number of carbonyl (C=O) groups excluding carboxylic acids is 2. The third kappa shape index (κ3) is 8.48. The van der Waals surface area contributed by atoms with E-state index < -0.39 is 0 Å². The first-order valence-corrected chi connectivity index (χ1v) is 13.1. The van der Waals surface area contributed by atoms with Crippen LogP contribution >= 0.6 is 0 Å². The topological polar surface area (TPSA) is 74.6 Å². The number of Topliss-reactive ketones (excluding diaryl/α,β-unsaturated/α-hetero) is 2. The Hall–Kier alpha value is -2.30. The number of fused-ring (bicyclic) bond motifs is 2. The number of aliphatic hydroxyl groups is 2. The minimum atomic E-state index is -0.198. The molecule has 1 unspecified atom stereocenters. The molecule has 34 heavy (non-hydrogen) atoms. The lowest BCUT2D eigenvalue weighted by molar-refractivity contribution is -0.120. The Labute approximate surface area is 204 Å². The van der Waals surface area contributed by atoms with E-state index in [0.717, 1.165) is 68.9 Å². The third-order valence-electron chi connectivity index (χ3n) is 7.03. The number of hydrogen-bond donors (Lipinski definition) is 2. The summed E-state index contributed by atoms with van der Waals surface area (Å²) in [7, 11) is 0. The molecule has 0 radical (unpaired) electrons.